The SMILES string of the molecule is O=C(O)C(F)(F)F.O=C1CC(c2ccc(C[C@H](NC(=O)[C@@H](O)Cc3ccccc3)c3nc4ccccc4[nH]3)cc2)S(=O)(=O)N1. The Hall–Kier alpha value is -4.76. The van der Waals surface area contributed by atoms with E-state index in [-0.39, 0.29) is 12.8 Å². The molecule has 1 fully saturated rings. The van der Waals surface area contributed by atoms with E-state index in [2.05, 4.69) is 15.3 Å². The van der Waals surface area contributed by atoms with Crippen molar-refractivity contribution in [2.45, 2.75) is 42.8 Å². The molecule has 2 heterocycles. The number of imidazole rings is 1. The molecular weight excluding hydrogens is 605 g/mol. The number of rotatable bonds is 8. The third-order valence-electron chi connectivity index (χ3n) is 6.66. The molecule has 232 valence electrons. The van der Waals surface area contributed by atoms with Crippen LogP contribution in [0.25, 0.3) is 11.0 Å². The Kier molecular flexibility index (Phi) is 9.69. The molecule has 0 saturated carbocycles. The number of halogens is 3. The number of nitrogens with one attached hydrogen (secondary N) is 3. The van der Waals surface area contributed by atoms with Crippen molar-refractivity contribution in [3.63, 3.8) is 0 Å². The van der Waals surface area contributed by atoms with Gasteiger partial charge in [0.05, 0.1) is 23.5 Å². The predicted octanol–water partition coefficient (Wildman–Crippen LogP) is 3.09. The molecule has 0 spiro atoms. The summed E-state index contributed by atoms with van der Waals surface area (Å²) in [6, 6.07) is 23.1. The number of carboxylic acids is 1. The van der Waals surface area contributed by atoms with Crippen molar-refractivity contribution in [2.75, 3.05) is 0 Å². The van der Waals surface area contributed by atoms with Gasteiger partial charge in [-0.1, -0.05) is 66.7 Å². The van der Waals surface area contributed by atoms with E-state index in [4.69, 9.17) is 9.90 Å². The maximum atomic E-state index is 13.0. The zero-order valence-electron chi connectivity index (χ0n) is 22.8. The topological polar surface area (TPSA) is 179 Å². The zero-order valence-corrected chi connectivity index (χ0v) is 23.6. The summed E-state index contributed by atoms with van der Waals surface area (Å²) >= 11 is 0. The lowest BCUT2D eigenvalue weighted by molar-refractivity contribution is -0.192. The first kappa shape index (κ1) is 32.2. The van der Waals surface area contributed by atoms with Crippen molar-refractivity contribution in [3.8, 4) is 0 Å². The number of aliphatic carboxylic acids is 1. The minimum atomic E-state index is -5.08. The molecule has 1 aliphatic heterocycles. The number of hydrogen-bond donors (Lipinski definition) is 5. The normalized spacial score (nSPS) is 17.2. The first-order valence-corrected chi connectivity index (χ1v) is 14.7. The number of carbonyl (C=O) groups is 3. The molecule has 4 aromatic rings. The van der Waals surface area contributed by atoms with Crippen LogP contribution in [0.15, 0.2) is 78.9 Å². The number of hydrogen-bond acceptors (Lipinski definition) is 7. The van der Waals surface area contributed by atoms with Gasteiger partial charge in [0.15, 0.2) is 0 Å². The Labute approximate surface area is 249 Å². The monoisotopic (exact) mass is 632 g/mol. The van der Waals surface area contributed by atoms with Crippen molar-refractivity contribution in [2.24, 2.45) is 0 Å². The highest BCUT2D eigenvalue weighted by Crippen LogP contribution is 2.30. The van der Waals surface area contributed by atoms with E-state index in [0.717, 1.165) is 22.2 Å². The number of benzene rings is 3. The Morgan fingerprint density at radius 2 is 1.55 bits per heavy atom. The van der Waals surface area contributed by atoms with Crippen molar-refractivity contribution in [3.05, 3.63) is 101 Å². The van der Waals surface area contributed by atoms with E-state index in [1.165, 1.54) is 0 Å². The Morgan fingerprint density at radius 3 is 2.11 bits per heavy atom. The first-order valence-electron chi connectivity index (χ1n) is 13.1. The molecule has 0 radical (unpaired) electrons. The molecule has 1 aliphatic rings. The largest absolute Gasteiger partial charge is 0.490 e. The predicted molar refractivity (Wildman–Crippen MR) is 151 cm³/mol. The van der Waals surface area contributed by atoms with Crippen LogP contribution >= 0.6 is 0 Å². The summed E-state index contributed by atoms with van der Waals surface area (Å²) in [6.07, 6.45) is -5.91. The van der Waals surface area contributed by atoms with Crippen LogP contribution in [0.1, 0.15) is 40.2 Å². The van der Waals surface area contributed by atoms with Crippen molar-refractivity contribution >= 4 is 38.8 Å². The number of aliphatic hydroxyl groups is 1. The highest BCUT2D eigenvalue weighted by molar-refractivity contribution is 7.90. The third-order valence-corrected chi connectivity index (χ3v) is 8.36. The summed E-state index contributed by atoms with van der Waals surface area (Å²) in [5.41, 5.74) is 3.75. The van der Waals surface area contributed by atoms with Gasteiger partial charge in [0.2, 0.25) is 21.8 Å². The summed E-state index contributed by atoms with van der Waals surface area (Å²) in [5.74, 6) is -3.26. The van der Waals surface area contributed by atoms with Crippen LogP contribution in [0.5, 0.6) is 0 Å². The number of H-pyrrole nitrogens is 1. The molecule has 0 bridgehead atoms. The second-order valence-electron chi connectivity index (χ2n) is 9.92. The van der Waals surface area contributed by atoms with Gasteiger partial charge in [-0.25, -0.2) is 18.2 Å². The lowest BCUT2D eigenvalue weighted by Gasteiger charge is -2.20. The molecule has 2 amide bonds. The molecule has 3 aromatic carbocycles. The van der Waals surface area contributed by atoms with E-state index < -0.39 is 51.4 Å². The number of fused-ring (bicyclic) bond motifs is 1. The van der Waals surface area contributed by atoms with Gasteiger partial charge in [0.1, 0.15) is 17.2 Å². The van der Waals surface area contributed by atoms with Crippen LogP contribution in [0, 0.1) is 0 Å². The number of para-hydroxylation sites is 2. The number of carboxylic acid groups (broad SMARTS) is 1. The minimum Gasteiger partial charge on any atom is -0.475 e. The summed E-state index contributed by atoms with van der Waals surface area (Å²) in [4.78, 5) is 41.3. The Balaban J connectivity index is 0.000000566. The zero-order chi connectivity index (χ0) is 32.1. The Morgan fingerprint density at radius 1 is 0.955 bits per heavy atom. The number of aliphatic hydroxyl groups excluding tert-OH is 1. The molecule has 5 N–H and O–H groups in total. The average Bonchev–Trinajstić information content (AvgIpc) is 3.52. The molecular formula is C29H27F3N4O7S. The molecule has 0 aliphatic carbocycles. The molecule has 1 saturated heterocycles. The van der Waals surface area contributed by atoms with Gasteiger partial charge in [-0.15, -0.1) is 0 Å². The van der Waals surface area contributed by atoms with Crippen molar-refractivity contribution in [1.29, 1.82) is 0 Å². The average molecular weight is 633 g/mol. The van der Waals surface area contributed by atoms with E-state index in [1.807, 2.05) is 59.3 Å². The fraction of sp³-hybridized carbons (Fsp3) is 0.241. The number of aromatic nitrogens is 2. The van der Waals surface area contributed by atoms with Gasteiger partial charge < -0.3 is 20.5 Å². The van der Waals surface area contributed by atoms with Gasteiger partial charge in [-0.05, 0) is 35.2 Å². The van der Waals surface area contributed by atoms with Gasteiger partial charge in [0.25, 0.3) is 0 Å². The summed E-state index contributed by atoms with van der Waals surface area (Å²) in [7, 11) is -3.73. The molecule has 44 heavy (non-hydrogen) atoms. The highest BCUT2D eigenvalue weighted by atomic mass is 32.2. The van der Waals surface area contributed by atoms with Gasteiger partial charge in [-0.3, -0.25) is 14.3 Å². The number of alkyl halides is 3. The lowest BCUT2D eigenvalue weighted by atomic mass is 10.0. The van der Waals surface area contributed by atoms with Crippen LogP contribution < -0.4 is 10.0 Å². The molecule has 1 aromatic heterocycles. The second-order valence-corrected chi connectivity index (χ2v) is 11.8. The number of nitrogens with zero attached hydrogens (tertiary/aromatic N) is 1. The van der Waals surface area contributed by atoms with Gasteiger partial charge in [-0.2, -0.15) is 13.2 Å². The third kappa shape index (κ3) is 8.20. The van der Waals surface area contributed by atoms with E-state index in [1.54, 1.807) is 24.3 Å². The fourth-order valence-electron chi connectivity index (χ4n) is 4.50. The van der Waals surface area contributed by atoms with E-state index >= 15 is 0 Å². The molecule has 11 nitrogen and oxygen atoms in total. The molecule has 3 atom stereocenters. The smallest absolute Gasteiger partial charge is 0.475 e. The standard InChI is InChI=1S/C27H26N4O5S.C2HF3O2/c32-23(15-17-6-2-1-3-7-17)27(34)30-22(26-28-20-8-4-5-9-21(20)29-26)14-18-10-12-19(13-11-18)24-16-25(33)31-37(24,35)36;3-2(4,5)1(6)7/h1-13,22-24,32H,14-16H2,(H,28,29)(H,30,34)(H,31,33);(H,6,7)/t22-,23-,24?;/m0./s1. The van der Waals surface area contributed by atoms with E-state index in [9.17, 15) is 36.3 Å². The summed E-state index contributed by atoms with van der Waals surface area (Å²) in [5, 5.41) is 19.7. The number of amides is 2. The maximum Gasteiger partial charge on any atom is 0.490 e. The Bertz CT molecular complexity index is 1710. The second kappa shape index (κ2) is 13.3. The molecule has 5 rings (SSSR count). The number of sulfonamides is 1. The molecule has 1 unspecified atom stereocenters. The number of aromatic amines is 1. The van der Waals surface area contributed by atoms with Crippen molar-refractivity contribution < 1.29 is 46.2 Å². The number of carbonyl (C=O) groups excluding carboxylic acids is 2. The van der Waals surface area contributed by atoms with Gasteiger partial charge >= 0.3 is 12.1 Å². The van der Waals surface area contributed by atoms with Crippen molar-refractivity contribution in [1.82, 2.24) is 20.0 Å². The summed E-state index contributed by atoms with van der Waals surface area (Å²) < 4.78 is 58.2. The van der Waals surface area contributed by atoms with Crippen LogP contribution in [0.2, 0.25) is 0 Å². The van der Waals surface area contributed by atoms with Gasteiger partial charge in [0, 0.05) is 6.42 Å². The van der Waals surface area contributed by atoms with Crippen LogP contribution in [-0.2, 0) is 37.2 Å². The van der Waals surface area contributed by atoms with Crippen LogP contribution in [0.3, 0.4) is 0 Å². The fourth-order valence-corrected chi connectivity index (χ4v) is 5.93. The van der Waals surface area contributed by atoms with Crippen LogP contribution in [-0.4, -0.2) is 58.7 Å². The maximum absolute atomic E-state index is 13.0. The van der Waals surface area contributed by atoms with Crippen LogP contribution in [0.4, 0.5) is 13.2 Å². The highest BCUT2D eigenvalue weighted by Gasteiger charge is 2.38. The quantitative estimate of drug-likeness (QED) is 0.197. The first-order chi connectivity index (χ1) is 20.7. The summed E-state index contributed by atoms with van der Waals surface area (Å²) in [6.45, 7) is 0. The molecule has 15 heteroatoms. The lowest BCUT2D eigenvalue weighted by Crippen LogP contribution is -2.39. The minimum absolute atomic E-state index is 0.112. The van der Waals surface area contributed by atoms with E-state index in [0.29, 0.717) is 17.8 Å².